The summed E-state index contributed by atoms with van der Waals surface area (Å²) in [4.78, 5) is 31.6. The average molecular weight is 451 g/mol. The number of aromatic nitrogens is 1. The molecular formula is C23H19BrN2O3. The lowest BCUT2D eigenvalue weighted by Gasteiger charge is -2.23. The molecule has 1 atom stereocenters. The highest BCUT2D eigenvalue weighted by molar-refractivity contribution is 9.10. The summed E-state index contributed by atoms with van der Waals surface area (Å²) in [6, 6.07) is 18.5. The highest BCUT2D eigenvalue weighted by Gasteiger charge is 2.50. The topological polar surface area (TPSA) is 70.5 Å². The number of anilines is 1. The number of amides is 1. The van der Waals surface area contributed by atoms with E-state index in [0.29, 0.717) is 29.8 Å². The molecular weight excluding hydrogens is 432 g/mol. The Morgan fingerprint density at radius 1 is 1.10 bits per heavy atom. The lowest BCUT2D eigenvalue weighted by molar-refractivity contribution is -0.135. The van der Waals surface area contributed by atoms with Crippen molar-refractivity contribution in [2.24, 2.45) is 0 Å². The standard InChI is InChI=1S/C23H19BrN2O3/c24-18-8-9-20-19(13-18)23(29,14-21(27)17-7-4-11-25-15-17)22(28)26(20)12-10-16-5-2-1-3-6-16/h1-9,11,13,15,29H,10,12,14H2/t23-/m1/s1. The molecule has 6 heteroatoms. The highest BCUT2D eigenvalue weighted by Crippen LogP contribution is 2.44. The van der Waals surface area contributed by atoms with E-state index in [4.69, 9.17) is 0 Å². The molecule has 3 aromatic rings. The van der Waals surface area contributed by atoms with Gasteiger partial charge in [0.05, 0.1) is 12.1 Å². The second-order valence-electron chi connectivity index (χ2n) is 7.06. The van der Waals surface area contributed by atoms with Crippen LogP contribution in [0.4, 0.5) is 5.69 Å². The second-order valence-corrected chi connectivity index (χ2v) is 7.97. The molecule has 29 heavy (non-hydrogen) atoms. The molecule has 2 heterocycles. The largest absolute Gasteiger partial charge is 0.375 e. The molecule has 0 unspecified atom stereocenters. The number of carbonyl (C=O) groups is 2. The van der Waals surface area contributed by atoms with E-state index >= 15 is 0 Å². The predicted molar refractivity (Wildman–Crippen MR) is 114 cm³/mol. The maximum atomic E-state index is 13.3. The lowest BCUT2D eigenvalue weighted by atomic mass is 9.88. The fraction of sp³-hybridized carbons (Fsp3) is 0.174. The Morgan fingerprint density at radius 2 is 1.90 bits per heavy atom. The Hall–Kier alpha value is -2.83. The van der Waals surface area contributed by atoms with Crippen molar-refractivity contribution < 1.29 is 14.7 Å². The molecule has 1 aliphatic heterocycles. The van der Waals surface area contributed by atoms with Crippen LogP contribution in [0.2, 0.25) is 0 Å². The molecule has 0 bridgehead atoms. The number of aliphatic hydroxyl groups is 1. The molecule has 2 aromatic carbocycles. The molecule has 0 aliphatic carbocycles. The maximum absolute atomic E-state index is 13.3. The van der Waals surface area contributed by atoms with Gasteiger partial charge in [0, 0.05) is 34.5 Å². The summed E-state index contributed by atoms with van der Waals surface area (Å²) in [7, 11) is 0. The van der Waals surface area contributed by atoms with Crippen molar-refractivity contribution in [1.29, 1.82) is 0 Å². The van der Waals surface area contributed by atoms with E-state index < -0.39 is 11.5 Å². The van der Waals surface area contributed by atoms with Crippen molar-refractivity contribution in [3.8, 4) is 0 Å². The van der Waals surface area contributed by atoms with Crippen molar-refractivity contribution in [3.63, 3.8) is 0 Å². The van der Waals surface area contributed by atoms with Gasteiger partial charge in [-0.05, 0) is 42.3 Å². The third kappa shape index (κ3) is 3.73. The lowest BCUT2D eigenvalue weighted by Crippen LogP contribution is -2.42. The molecule has 0 spiro atoms. The number of carbonyl (C=O) groups excluding carboxylic acids is 2. The number of fused-ring (bicyclic) bond motifs is 1. The SMILES string of the molecule is O=C(C[C@]1(O)C(=O)N(CCc2ccccc2)c2ccc(Br)cc21)c1cccnc1. The number of nitrogens with zero attached hydrogens (tertiary/aromatic N) is 2. The second kappa shape index (κ2) is 7.89. The molecule has 146 valence electrons. The van der Waals surface area contributed by atoms with Crippen LogP contribution in [-0.2, 0) is 16.8 Å². The van der Waals surface area contributed by atoms with Gasteiger partial charge in [-0.1, -0.05) is 46.3 Å². The summed E-state index contributed by atoms with van der Waals surface area (Å²) >= 11 is 3.41. The quantitative estimate of drug-likeness (QED) is 0.578. The van der Waals surface area contributed by atoms with Gasteiger partial charge >= 0.3 is 0 Å². The van der Waals surface area contributed by atoms with Gasteiger partial charge in [0.25, 0.3) is 5.91 Å². The first kappa shape index (κ1) is 19.5. The molecule has 0 saturated carbocycles. The van der Waals surface area contributed by atoms with Gasteiger partial charge in [0.15, 0.2) is 11.4 Å². The summed E-state index contributed by atoms with van der Waals surface area (Å²) < 4.78 is 0.737. The third-order valence-corrected chi connectivity index (χ3v) is 5.65. The van der Waals surface area contributed by atoms with Crippen molar-refractivity contribution in [2.75, 3.05) is 11.4 Å². The van der Waals surface area contributed by atoms with Crippen LogP contribution in [0.5, 0.6) is 0 Å². The van der Waals surface area contributed by atoms with E-state index in [1.54, 1.807) is 35.4 Å². The predicted octanol–water partition coefficient (Wildman–Crippen LogP) is 3.89. The van der Waals surface area contributed by atoms with Gasteiger partial charge in [-0.2, -0.15) is 0 Å². The summed E-state index contributed by atoms with van der Waals surface area (Å²) in [5.41, 5.74) is 0.648. The minimum atomic E-state index is -1.90. The van der Waals surface area contributed by atoms with Crippen LogP contribution in [0.25, 0.3) is 0 Å². The number of halogens is 1. The summed E-state index contributed by atoms with van der Waals surface area (Å²) in [5.74, 6) is -0.802. The molecule has 1 N–H and O–H groups in total. The third-order valence-electron chi connectivity index (χ3n) is 5.16. The number of hydrogen-bond acceptors (Lipinski definition) is 4. The van der Waals surface area contributed by atoms with Crippen LogP contribution in [0, 0.1) is 0 Å². The van der Waals surface area contributed by atoms with Crippen molar-refractivity contribution in [2.45, 2.75) is 18.4 Å². The van der Waals surface area contributed by atoms with Crippen LogP contribution in [0.1, 0.15) is 27.9 Å². The Balaban J connectivity index is 1.65. The zero-order valence-electron chi connectivity index (χ0n) is 15.6. The molecule has 0 saturated heterocycles. The van der Waals surface area contributed by atoms with Crippen LogP contribution < -0.4 is 4.90 Å². The van der Waals surface area contributed by atoms with Gasteiger partial charge in [-0.15, -0.1) is 0 Å². The summed E-state index contributed by atoms with van der Waals surface area (Å²) in [6.45, 7) is 0.418. The monoisotopic (exact) mass is 450 g/mol. The number of ketones is 1. The molecule has 1 amide bonds. The van der Waals surface area contributed by atoms with Crippen molar-refractivity contribution in [3.05, 3.63) is 94.2 Å². The van der Waals surface area contributed by atoms with Crippen LogP contribution >= 0.6 is 15.9 Å². The van der Waals surface area contributed by atoms with E-state index in [1.807, 2.05) is 36.4 Å². The average Bonchev–Trinajstić information content (AvgIpc) is 2.94. The first-order chi connectivity index (χ1) is 14.0. The van der Waals surface area contributed by atoms with Gasteiger partial charge in [0.1, 0.15) is 0 Å². The van der Waals surface area contributed by atoms with Gasteiger partial charge in [0.2, 0.25) is 0 Å². The Morgan fingerprint density at radius 3 is 2.62 bits per heavy atom. The number of pyridine rings is 1. The zero-order chi connectivity index (χ0) is 20.4. The highest BCUT2D eigenvalue weighted by atomic mass is 79.9. The van der Waals surface area contributed by atoms with Gasteiger partial charge in [-0.3, -0.25) is 14.6 Å². The number of benzene rings is 2. The zero-order valence-corrected chi connectivity index (χ0v) is 17.2. The number of Topliss-reactive ketones (excluding diaryl/α,β-unsaturated/α-hetero) is 1. The van der Waals surface area contributed by atoms with Crippen molar-refractivity contribution in [1.82, 2.24) is 4.98 Å². The first-order valence-corrected chi connectivity index (χ1v) is 10.1. The van der Waals surface area contributed by atoms with Crippen LogP contribution in [0.3, 0.4) is 0 Å². The number of rotatable bonds is 6. The van der Waals surface area contributed by atoms with E-state index in [9.17, 15) is 14.7 Å². The Kier molecular flexibility index (Phi) is 5.30. The van der Waals surface area contributed by atoms with Crippen molar-refractivity contribution >= 4 is 33.3 Å². The molecule has 0 radical (unpaired) electrons. The summed E-state index contributed by atoms with van der Waals surface area (Å²) in [5, 5.41) is 11.4. The summed E-state index contributed by atoms with van der Waals surface area (Å²) in [6.07, 6.45) is 3.33. The maximum Gasteiger partial charge on any atom is 0.264 e. The Bertz CT molecular complexity index is 1060. The fourth-order valence-electron chi connectivity index (χ4n) is 3.66. The smallest absolute Gasteiger partial charge is 0.264 e. The molecule has 1 aliphatic rings. The van der Waals surface area contributed by atoms with E-state index in [-0.39, 0.29) is 12.2 Å². The first-order valence-electron chi connectivity index (χ1n) is 9.30. The molecule has 1 aromatic heterocycles. The normalized spacial score (nSPS) is 18.0. The Labute approximate surface area is 177 Å². The van der Waals surface area contributed by atoms with Gasteiger partial charge in [-0.25, -0.2) is 0 Å². The molecule has 5 nitrogen and oxygen atoms in total. The minimum absolute atomic E-state index is 0.329. The van der Waals surface area contributed by atoms with E-state index in [0.717, 1.165) is 10.0 Å². The molecule has 4 rings (SSSR count). The molecule has 0 fully saturated rings. The number of hydrogen-bond donors (Lipinski definition) is 1. The van der Waals surface area contributed by atoms with E-state index in [1.165, 1.54) is 6.20 Å². The van der Waals surface area contributed by atoms with Crippen LogP contribution in [-0.4, -0.2) is 28.3 Å². The van der Waals surface area contributed by atoms with Gasteiger partial charge < -0.3 is 10.0 Å². The van der Waals surface area contributed by atoms with E-state index in [2.05, 4.69) is 20.9 Å². The van der Waals surface area contributed by atoms with Crippen LogP contribution in [0.15, 0.2) is 77.5 Å². The fourth-order valence-corrected chi connectivity index (χ4v) is 4.02. The minimum Gasteiger partial charge on any atom is -0.375 e.